The van der Waals surface area contributed by atoms with E-state index in [0.29, 0.717) is 12.0 Å². The van der Waals surface area contributed by atoms with E-state index in [-0.39, 0.29) is 18.2 Å². The summed E-state index contributed by atoms with van der Waals surface area (Å²) in [5, 5.41) is 18.7. The van der Waals surface area contributed by atoms with Gasteiger partial charge in [-0.05, 0) is 30.0 Å². The maximum absolute atomic E-state index is 11.6. The van der Waals surface area contributed by atoms with Gasteiger partial charge in [0, 0.05) is 11.5 Å². The van der Waals surface area contributed by atoms with Gasteiger partial charge in [0.05, 0.1) is 18.2 Å². The Kier molecular flexibility index (Phi) is 5.40. The van der Waals surface area contributed by atoms with Crippen molar-refractivity contribution in [1.82, 2.24) is 5.43 Å². The van der Waals surface area contributed by atoms with Gasteiger partial charge in [-0.2, -0.15) is 0 Å². The number of nitrogen functional groups attached to an aromatic ring is 1. The number of aryl methyl sites for hydroxylation is 1. The number of anilines is 1. The zero-order chi connectivity index (χ0) is 19.4. The molecular formula is C20H22N4O3. The number of carbonyl (C=O) groups is 2. The van der Waals surface area contributed by atoms with E-state index in [0.717, 1.165) is 29.7 Å². The first-order valence-electron chi connectivity index (χ1n) is 8.74. The summed E-state index contributed by atoms with van der Waals surface area (Å²) in [6.45, 7) is 0. The number of para-hydroxylation sites is 1. The van der Waals surface area contributed by atoms with Crippen molar-refractivity contribution in [2.45, 2.75) is 31.2 Å². The molecule has 0 saturated carbocycles. The van der Waals surface area contributed by atoms with Crippen LogP contribution in [0.3, 0.4) is 0 Å². The molecule has 0 fully saturated rings. The molecule has 2 aromatic carbocycles. The van der Waals surface area contributed by atoms with Crippen LogP contribution in [0, 0.1) is 5.41 Å². The maximum atomic E-state index is 11.6. The van der Waals surface area contributed by atoms with Crippen molar-refractivity contribution in [1.29, 1.82) is 5.41 Å². The van der Waals surface area contributed by atoms with Crippen LogP contribution in [0.5, 0.6) is 0 Å². The molecule has 2 aromatic rings. The molecule has 0 spiro atoms. The molecule has 7 nitrogen and oxygen atoms in total. The van der Waals surface area contributed by atoms with Crippen molar-refractivity contribution in [2.24, 2.45) is 5.73 Å². The number of aliphatic carboxylic acids is 1. The third kappa shape index (κ3) is 3.92. The molecule has 0 saturated heterocycles. The number of nitrogens with two attached hydrogens (primary N) is 1. The van der Waals surface area contributed by atoms with Gasteiger partial charge in [0.2, 0.25) is 6.41 Å². The standard InChI is InChI=1S/C20H22N4O3/c21-20(22)15-7-5-13(6-8-15)16-10-9-14-3-1-2-4-17(14)24(23-12-25)18(16)11-19(26)27/h1-8,12,16,18H,9-11H2,(H3,21,22)(H,23,25)(H,26,27). The molecule has 2 unspecified atom stereocenters. The van der Waals surface area contributed by atoms with E-state index in [9.17, 15) is 14.7 Å². The van der Waals surface area contributed by atoms with Crippen LogP contribution in [-0.2, 0) is 16.0 Å². The second kappa shape index (κ2) is 7.90. The summed E-state index contributed by atoms with van der Waals surface area (Å²) in [7, 11) is 0. The topological polar surface area (TPSA) is 120 Å². The molecular weight excluding hydrogens is 344 g/mol. The molecule has 3 rings (SSSR count). The Bertz CT molecular complexity index is 851. The Morgan fingerprint density at radius 3 is 2.59 bits per heavy atom. The van der Waals surface area contributed by atoms with E-state index in [1.807, 2.05) is 36.4 Å². The fraction of sp³-hybridized carbons (Fsp3) is 0.250. The summed E-state index contributed by atoms with van der Waals surface area (Å²) in [4.78, 5) is 22.8. The van der Waals surface area contributed by atoms with E-state index in [1.54, 1.807) is 17.1 Å². The number of hydrogen-bond acceptors (Lipinski definition) is 4. The van der Waals surface area contributed by atoms with Gasteiger partial charge in [-0.25, -0.2) is 0 Å². The van der Waals surface area contributed by atoms with E-state index in [4.69, 9.17) is 11.1 Å². The molecule has 140 valence electrons. The lowest BCUT2D eigenvalue weighted by atomic mass is 9.85. The molecule has 1 amide bonds. The average Bonchev–Trinajstić information content (AvgIpc) is 2.80. The van der Waals surface area contributed by atoms with E-state index in [1.165, 1.54) is 0 Å². The second-order valence-corrected chi connectivity index (χ2v) is 6.59. The Morgan fingerprint density at radius 1 is 1.26 bits per heavy atom. The molecule has 0 bridgehead atoms. The van der Waals surface area contributed by atoms with Crippen LogP contribution in [0.15, 0.2) is 48.5 Å². The molecule has 1 aliphatic rings. The van der Waals surface area contributed by atoms with Gasteiger partial charge < -0.3 is 10.8 Å². The normalized spacial score (nSPS) is 18.9. The highest BCUT2D eigenvalue weighted by molar-refractivity contribution is 5.94. The maximum Gasteiger partial charge on any atom is 0.305 e. The third-order valence-electron chi connectivity index (χ3n) is 5.00. The molecule has 0 aliphatic carbocycles. The Labute approximate surface area is 157 Å². The van der Waals surface area contributed by atoms with Gasteiger partial charge >= 0.3 is 5.97 Å². The molecule has 0 aromatic heterocycles. The van der Waals surface area contributed by atoms with Crippen LogP contribution in [0.2, 0.25) is 0 Å². The van der Waals surface area contributed by atoms with Gasteiger partial charge in [-0.1, -0.05) is 42.5 Å². The Balaban J connectivity index is 2.05. The van der Waals surface area contributed by atoms with Crippen molar-refractivity contribution in [2.75, 3.05) is 5.01 Å². The van der Waals surface area contributed by atoms with Crippen LogP contribution in [0.25, 0.3) is 0 Å². The summed E-state index contributed by atoms with van der Waals surface area (Å²) in [5.41, 5.74) is 11.7. The molecule has 1 heterocycles. The first-order chi connectivity index (χ1) is 13.0. The lowest BCUT2D eigenvalue weighted by molar-refractivity contribution is -0.137. The summed E-state index contributed by atoms with van der Waals surface area (Å²) in [5.74, 6) is -1.05. The molecule has 1 aliphatic heterocycles. The predicted molar refractivity (Wildman–Crippen MR) is 103 cm³/mol. The van der Waals surface area contributed by atoms with E-state index >= 15 is 0 Å². The van der Waals surface area contributed by atoms with Gasteiger partial charge in [0.25, 0.3) is 0 Å². The summed E-state index contributed by atoms with van der Waals surface area (Å²) >= 11 is 0. The second-order valence-electron chi connectivity index (χ2n) is 6.59. The van der Waals surface area contributed by atoms with E-state index in [2.05, 4.69) is 5.43 Å². The number of amidine groups is 1. The number of nitrogens with zero attached hydrogens (tertiary/aromatic N) is 1. The van der Waals surface area contributed by atoms with Gasteiger partial charge in [0.1, 0.15) is 5.84 Å². The summed E-state index contributed by atoms with van der Waals surface area (Å²) in [6, 6.07) is 14.5. The van der Waals surface area contributed by atoms with Crippen LogP contribution >= 0.6 is 0 Å². The summed E-state index contributed by atoms with van der Waals surface area (Å²) in [6.07, 6.45) is 1.97. The molecule has 2 atom stereocenters. The third-order valence-corrected chi connectivity index (χ3v) is 5.00. The zero-order valence-corrected chi connectivity index (χ0v) is 14.8. The van der Waals surface area contributed by atoms with Gasteiger partial charge in [-0.3, -0.25) is 25.4 Å². The number of hydrogen-bond donors (Lipinski definition) is 4. The first-order valence-corrected chi connectivity index (χ1v) is 8.74. The molecule has 27 heavy (non-hydrogen) atoms. The van der Waals surface area contributed by atoms with Crippen LogP contribution in [0.1, 0.15) is 35.4 Å². The van der Waals surface area contributed by atoms with Crippen molar-refractivity contribution < 1.29 is 14.7 Å². The number of carbonyl (C=O) groups excluding carboxylic acids is 1. The number of amides is 1. The van der Waals surface area contributed by atoms with Crippen LogP contribution in [-0.4, -0.2) is 29.4 Å². The van der Waals surface area contributed by atoms with E-state index < -0.39 is 12.0 Å². The smallest absolute Gasteiger partial charge is 0.305 e. The summed E-state index contributed by atoms with van der Waals surface area (Å²) < 4.78 is 0. The number of hydrazine groups is 1. The number of fused-ring (bicyclic) bond motifs is 1. The Morgan fingerprint density at radius 2 is 1.96 bits per heavy atom. The minimum atomic E-state index is -0.928. The molecule has 5 N–H and O–H groups in total. The quantitative estimate of drug-likeness (QED) is 0.354. The number of rotatable bonds is 6. The Hall–Kier alpha value is -3.35. The van der Waals surface area contributed by atoms with Crippen LogP contribution in [0.4, 0.5) is 5.69 Å². The van der Waals surface area contributed by atoms with Crippen molar-refractivity contribution in [3.63, 3.8) is 0 Å². The fourth-order valence-corrected chi connectivity index (χ4v) is 3.75. The molecule has 0 radical (unpaired) electrons. The highest BCUT2D eigenvalue weighted by atomic mass is 16.4. The lowest BCUT2D eigenvalue weighted by Gasteiger charge is -2.35. The highest BCUT2D eigenvalue weighted by Crippen LogP contribution is 2.37. The van der Waals surface area contributed by atoms with Gasteiger partial charge in [-0.15, -0.1) is 0 Å². The number of carboxylic acids is 1. The van der Waals surface area contributed by atoms with Crippen molar-refractivity contribution >= 4 is 23.9 Å². The number of nitrogens with one attached hydrogen (secondary N) is 2. The minimum Gasteiger partial charge on any atom is -0.481 e. The predicted octanol–water partition coefficient (Wildman–Crippen LogP) is 2.01. The molecule has 7 heteroatoms. The fourth-order valence-electron chi connectivity index (χ4n) is 3.75. The monoisotopic (exact) mass is 366 g/mol. The lowest BCUT2D eigenvalue weighted by Crippen LogP contribution is -2.48. The SMILES string of the molecule is N=C(N)c1ccc(C2CCc3ccccc3N(NC=O)C2CC(=O)O)cc1. The highest BCUT2D eigenvalue weighted by Gasteiger charge is 2.34. The zero-order valence-electron chi connectivity index (χ0n) is 14.8. The number of carboxylic acid groups (broad SMARTS) is 1. The average molecular weight is 366 g/mol. The van der Waals surface area contributed by atoms with Crippen LogP contribution < -0.4 is 16.2 Å². The largest absolute Gasteiger partial charge is 0.481 e. The first kappa shape index (κ1) is 18.4. The number of benzene rings is 2. The van der Waals surface area contributed by atoms with Crippen molar-refractivity contribution in [3.05, 3.63) is 65.2 Å². The minimum absolute atomic E-state index is 0.0128. The van der Waals surface area contributed by atoms with Crippen molar-refractivity contribution in [3.8, 4) is 0 Å². The van der Waals surface area contributed by atoms with Gasteiger partial charge in [0.15, 0.2) is 0 Å².